The molecule has 1 aliphatic carbocycles. The van der Waals surface area contributed by atoms with Crippen molar-refractivity contribution >= 4 is 17.7 Å². The number of nitrogens with zero attached hydrogens (tertiary/aromatic N) is 3. The summed E-state index contributed by atoms with van der Waals surface area (Å²) >= 11 is 0. The Morgan fingerprint density at radius 1 is 1.09 bits per heavy atom. The highest BCUT2D eigenvalue weighted by molar-refractivity contribution is 6.08. The van der Waals surface area contributed by atoms with Gasteiger partial charge >= 0.3 is 5.97 Å². The number of hydrogen-bond acceptors (Lipinski definition) is 7. The molecular weight excluding hydrogens is 446 g/mol. The van der Waals surface area contributed by atoms with E-state index in [1.165, 1.54) is 23.0 Å². The van der Waals surface area contributed by atoms with Crippen molar-refractivity contribution in [2.45, 2.75) is 25.8 Å². The number of likely N-dealkylation sites (N-methyl/N-ethyl adjacent to an activating group) is 1. The van der Waals surface area contributed by atoms with Crippen LogP contribution in [0.5, 0.6) is 0 Å². The number of hydrazine groups is 1. The standard InChI is InChI=1S/C27H29N3O5/c1-4-23(32)26(33)25-27(34)29(15-16-35-18(2)31)17-30(28(25)3)24-21-11-7-5-9-19(21)13-14-20-10-6-8-12-22(20)24/h4-12,24,33H,1,13-17H2,2-3H3/b26-25+. The summed E-state index contributed by atoms with van der Waals surface area (Å²) in [4.78, 5) is 38.5. The summed E-state index contributed by atoms with van der Waals surface area (Å²) < 4.78 is 5.07. The molecule has 1 amide bonds. The summed E-state index contributed by atoms with van der Waals surface area (Å²) in [7, 11) is 1.67. The Hall–Kier alpha value is -3.91. The average Bonchev–Trinajstić information content (AvgIpc) is 3.02. The second-order valence-electron chi connectivity index (χ2n) is 8.58. The molecule has 1 fully saturated rings. The fourth-order valence-electron chi connectivity index (χ4n) is 4.76. The number of aliphatic hydroxyl groups is 1. The van der Waals surface area contributed by atoms with E-state index in [1.807, 2.05) is 29.3 Å². The Bertz CT molecular complexity index is 1160. The molecule has 2 aromatic rings. The van der Waals surface area contributed by atoms with Gasteiger partial charge in [0.05, 0.1) is 19.3 Å². The van der Waals surface area contributed by atoms with E-state index >= 15 is 0 Å². The number of fused-ring (bicyclic) bond motifs is 2. The molecule has 2 aliphatic rings. The number of esters is 1. The van der Waals surface area contributed by atoms with Crippen LogP contribution < -0.4 is 0 Å². The highest BCUT2D eigenvalue weighted by Gasteiger charge is 2.41. The molecule has 0 atom stereocenters. The van der Waals surface area contributed by atoms with Crippen LogP contribution in [0.2, 0.25) is 0 Å². The number of rotatable bonds is 6. The van der Waals surface area contributed by atoms with Crippen LogP contribution in [0.3, 0.4) is 0 Å². The van der Waals surface area contributed by atoms with Crippen LogP contribution >= 0.6 is 0 Å². The zero-order valence-corrected chi connectivity index (χ0v) is 19.9. The summed E-state index contributed by atoms with van der Waals surface area (Å²) in [6, 6.07) is 16.1. The normalized spacial score (nSPS) is 17.8. The lowest BCUT2D eigenvalue weighted by molar-refractivity contribution is -0.156. The molecule has 1 aliphatic heterocycles. The second-order valence-corrected chi connectivity index (χ2v) is 8.58. The number of hydrogen-bond donors (Lipinski definition) is 1. The zero-order valence-electron chi connectivity index (χ0n) is 19.9. The van der Waals surface area contributed by atoms with Gasteiger partial charge in [0.1, 0.15) is 6.61 Å². The predicted molar refractivity (Wildman–Crippen MR) is 130 cm³/mol. The zero-order chi connectivity index (χ0) is 25.1. The first-order valence-electron chi connectivity index (χ1n) is 11.5. The van der Waals surface area contributed by atoms with Crippen molar-refractivity contribution in [2.24, 2.45) is 0 Å². The van der Waals surface area contributed by atoms with Gasteiger partial charge in [-0.1, -0.05) is 55.1 Å². The van der Waals surface area contributed by atoms with Crippen LogP contribution in [-0.4, -0.2) is 64.6 Å². The molecule has 1 heterocycles. The lowest BCUT2D eigenvalue weighted by Gasteiger charge is -2.47. The van der Waals surface area contributed by atoms with Crippen LogP contribution in [-0.2, 0) is 32.0 Å². The van der Waals surface area contributed by atoms with Crippen LogP contribution in [0.15, 0.2) is 72.6 Å². The van der Waals surface area contributed by atoms with Crippen molar-refractivity contribution in [3.63, 3.8) is 0 Å². The number of amides is 1. The molecule has 8 nitrogen and oxygen atoms in total. The van der Waals surface area contributed by atoms with Crippen LogP contribution in [0.1, 0.15) is 35.2 Å². The van der Waals surface area contributed by atoms with Gasteiger partial charge in [0, 0.05) is 14.0 Å². The lowest BCUT2D eigenvalue weighted by atomic mass is 9.94. The minimum Gasteiger partial charge on any atom is -0.503 e. The first-order valence-corrected chi connectivity index (χ1v) is 11.5. The van der Waals surface area contributed by atoms with Crippen LogP contribution in [0.25, 0.3) is 0 Å². The SMILES string of the molecule is C=CC(=O)/C(O)=C1/C(=O)N(CCOC(C)=O)CN(C2c3ccccc3CCc3ccccc32)N1C. The maximum Gasteiger partial charge on any atom is 0.302 e. The highest BCUT2D eigenvalue weighted by atomic mass is 16.5. The van der Waals surface area contributed by atoms with Gasteiger partial charge in [-0.3, -0.25) is 19.4 Å². The Morgan fingerprint density at radius 3 is 2.20 bits per heavy atom. The maximum absolute atomic E-state index is 13.4. The molecule has 0 saturated carbocycles. The van der Waals surface area contributed by atoms with E-state index in [2.05, 4.69) is 30.8 Å². The molecule has 0 aromatic heterocycles. The van der Waals surface area contributed by atoms with E-state index in [4.69, 9.17) is 4.74 Å². The van der Waals surface area contributed by atoms with E-state index < -0.39 is 23.4 Å². The van der Waals surface area contributed by atoms with Crippen molar-refractivity contribution in [1.29, 1.82) is 0 Å². The van der Waals surface area contributed by atoms with Gasteiger partial charge in [0.25, 0.3) is 5.91 Å². The quantitative estimate of drug-likeness (QED) is 0.390. The van der Waals surface area contributed by atoms with Gasteiger partial charge in [-0.25, -0.2) is 0 Å². The number of ether oxygens (including phenoxy) is 1. The summed E-state index contributed by atoms with van der Waals surface area (Å²) in [5, 5.41) is 14.3. The first kappa shape index (κ1) is 24.2. The summed E-state index contributed by atoms with van der Waals surface area (Å²) in [6.07, 6.45) is 2.72. The van der Waals surface area contributed by atoms with Gasteiger partial charge in [-0.2, -0.15) is 5.01 Å². The molecule has 1 N–H and O–H groups in total. The third-order valence-electron chi connectivity index (χ3n) is 6.49. The van der Waals surface area contributed by atoms with Gasteiger partial charge in [0.2, 0.25) is 5.78 Å². The third-order valence-corrected chi connectivity index (χ3v) is 6.49. The minimum atomic E-state index is -0.747. The molecule has 1 saturated heterocycles. The van der Waals surface area contributed by atoms with Gasteiger partial charge in [-0.05, 0) is 41.2 Å². The van der Waals surface area contributed by atoms with Crippen molar-refractivity contribution in [2.75, 3.05) is 26.9 Å². The van der Waals surface area contributed by atoms with Crippen molar-refractivity contribution in [1.82, 2.24) is 14.9 Å². The molecule has 0 bridgehead atoms. The van der Waals surface area contributed by atoms with Crippen molar-refractivity contribution in [3.05, 3.63) is 94.9 Å². The molecule has 35 heavy (non-hydrogen) atoms. The Balaban J connectivity index is 1.85. The number of allylic oxidation sites excluding steroid dienone is 1. The number of benzene rings is 2. The topological polar surface area (TPSA) is 90.4 Å². The largest absolute Gasteiger partial charge is 0.503 e. The Labute approximate surface area is 204 Å². The lowest BCUT2D eigenvalue weighted by Crippen LogP contribution is -2.58. The number of ketones is 1. The van der Waals surface area contributed by atoms with Gasteiger partial charge in [-0.15, -0.1) is 0 Å². The van der Waals surface area contributed by atoms with E-state index in [1.54, 1.807) is 12.1 Å². The van der Waals surface area contributed by atoms with Crippen molar-refractivity contribution in [3.8, 4) is 0 Å². The molecule has 182 valence electrons. The molecule has 2 aromatic carbocycles. The number of aryl methyl sites for hydroxylation is 2. The van der Waals surface area contributed by atoms with E-state index in [9.17, 15) is 19.5 Å². The molecule has 0 unspecified atom stereocenters. The fraction of sp³-hybridized carbons (Fsp3) is 0.296. The fourth-order valence-corrected chi connectivity index (χ4v) is 4.76. The van der Waals surface area contributed by atoms with Gasteiger partial charge in [0.15, 0.2) is 11.5 Å². The number of aliphatic hydroxyl groups excluding tert-OH is 1. The number of carbonyl (C=O) groups excluding carboxylic acids is 3. The minimum absolute atomic E-state index is 0.0000844. The molecule has 0 radical (unpaired) electrons. The molecule has 8 heteroatoms. The first-order chi connectivity index (χ1) is 16.8. The highest BCUT2D eigenvalue weighted by Crippen LogP contribution is 2.39. The number of carbonyl (C=O) groups is 3. The molecular formula is C27H29N3O5. The smallest absolute Gasteiger partial charge is 0.302 e. The third kappa shape index (κ3) is 4.70. The maximum atomic E-state index is 13.4. The van der Waals surface area contributed by atoms with E-state index in [0.29, 0.717) is 0 Å². The van der Waals surface area contributed by atoms with Gasteiger partial charge < -0.3 is 14.7 Å². The average molecular weight is 476 g/mol. The Kier molecular flexibility index (Phi) is 7.02. The van der Waals surface area contributed by atoms with Crippen LogP contribution in [0, 0.1) is 0 Å². The van der Waals surface area contributed by atoms with Crippen molar-refractivity contribution < 1.29 is 24.2 Å². The summed E-state index contributed by atoms with van der Waals surface area (Å²) in [5.41, 5.74) is 4.42. The summed E-state index contributed by atoms with van der Waals surface area (Å²) in [6.45, 7) is 5.02. The predicted octanol–water partition coefficient (Wildman–Crippen LogP) is 2.91. The second kappa shape index (κ2) is 10.1. The summed E-state index contributed by atoms with van der Waals surface area (Å²) in [5.74, 6) is -2.40. The van der Waals surface area contributed by atoms with Crippen LogP contribution in [0.4, 0.5) is 0 Å². The van der Waals surface area contributed by atoms with E-state index in [-0.39, 0.29) is 31.6 Å². The monoisotopic (exact) mass is 475 g/mol. The van der Waals surface area contributed by atoms with E-state index in [0.717, 1.165) is 30.0 Å². The molecule has 0 spiro atoms. The molecule has 4 rings (SSSR count). The Morgan fingerprint density at radius 2 is 1.66 bits per heavy atom.